The monoisotopic (exact) mass is 360 g/mol. The minimum absolute atomic E-state index is 0.246. The van der Waals surface area contributed by atoms with Gasteiger partial charge in [0.1, 0.15) is 0 Å². The number of halogens is 1. The van der Waals surface area contributed by atoms with Crippen LogP contribution < -0.4 is 10.8 Å². The molecule has 0 atom stereocenters. The summed E-state index contributed by atoms with van der Waals surface area (Å²) in [6.45, 7) is 0. The topological polar surface area (TPSA) is 78.4 Å². The Balaban J connectivity index is 2.11. The molecule has 0 unspecified atom stereocenters. The summed E-state index contributed by atoms with van der Waals surface area (Å²) in [5, 5.41) is 11.2. The van der Waals surface area contributed by atoms with Gasteiger partial charge in [-0.15, -0.1) is 0 Å². The third-order valence-electron chi connectivity index (χ3n) is 2.79. The average Bonchev–Trinajstić information content (AvgIpc) is 2.55. The number of anilines is 1. The molecule has 6 heteroatoms. The molecule has 0 aromatic heterocycles. The van der Waals surface area contributed by atoms with Crippen molar-refractivity contribution in [3.05, 3.63) is 70.2 Å². The average molecular weight is 361 g/mol. The first kappa shape index (κ1) is 15.9. The van der Waals surface area contributed by atoms with E-state index in [0.29, 0.717) is 16.8 Å². The van der Waals surface area contributed by atoms with Gasteiger partial charge in [-0.05, 0) is 48.0 Å². The maximum atomic E-state index is 12.2. The highest BCUT2D eigenvalue weighted by atomic mass is 79.9. The van der Waals surface area contributed by atoms with Crippen molar-refractivity contribution in [2.24, 2.45) is 0 Å². The molecule has 2 aromatic carbocycles. The summed E-state index contributed by atoms with van der Waals surface area (Å²) in [5.41, 5.74) is 3.33. The van der Waals surface area contributed by atoms with Crippen molar-refractivity contribution in [1.82, 2.24) is 5.48 Å². The molecule has 2 aromatic rings. The van der Waals surface area contributed by atoms with Gasteiger partial charge in [-0.3, -0.25) is 14.8 Å². The van der Waals surface area contributed by atoms with Crippen LogP contribution in [0.4, 0.5) is 5.69 Å². The molecule has 112 valence electrons. The largest absolute Gasteiger partial charge is 0.322 e. The fraction of sp³-hybridized carbons (Fsp3) is 0. The zero-order valence-electron chi connectivity index (χ0n) is 11.4. The number of hydrogen-bond donors (Lipinski definition) is 3. The van der Waals surface area contributed by atoms with E-state index in [4.69, 9.17) is 5.21 Å². The maximum absolute atomic E-state index is 12.2. The summed E-state index contributed by atoms with van der Waals surface area (Å²) in [7, 11) is 0. The van der Waals surface area contributed by atoms with Gasteiger partial charge in [0.2, 0.25) is 0 Å². The van der Waals surface area contributed by atoms with Crippen molar-refractivity contribution in [2.75, 3.05) is 5.32 Å². The number of nitrogens with one attached hydrogen (secondary N) is 2. The molecule has 0 fully saturated rings. The van der Waals surface area contributed by atoms with Crippen molar-refractivity contribution >= 4 is 39.5 Å². The molecule has 0 saturated heterocycles. The van der Waals surface area contributed by atoms with E-state index in [2.05, 4.69) is 21.2 Å². The van der Waals surface area contributed by atoms with E-state index in [1.807, 2.05) is 12.1 Å². The summed E-state index contributed by atoms with van der Waals surface area (Å²) in [6.07, 6.45) is 2.67. The highest BCUT2D eigenvalue weighted by molar-refractivity contribution is 9.10. The quantitative estimate of drug-likeness (QED) is 0.445. The van der Waals surface area contributed by atoms with Gasteiger partial charge in [0, 0.05) is 21.8 Å². The van der Waals surface area contributed by atoms with Crippen LogP contribution in [0, 0.1) is 0 Å². The standard InChI is InChI=1S/C16H13BrN2O3/c17-13-5-7-14(8-6-13)18-16(21)12-3-1-2-11(10-12)4-9-15(20)19-22/h1-10,22H,(H,18,21)(H,19,20)/b9-4+. The van der Waals surface area contributed by atoms with E-state index >= 15 is 0 Å². The van der Waals surface area contributed by atoms with E-state index in [1.165, 1.54) is 17.6 Å². The van der Waals surface area contributed by atoms with Crippen LogP contribution in [0.15, 0.2) is 59.1 Å². The summed E-state index contributed by atoms with van der Waals surface area (Å²) in [5.74, 6) is -0.881. The van der Waals surface area contributed by atoms with Gasteiger partial charge < -0.3 is 5.32 Å². The third-order valence-corrected chi connectivity index (χ3v) is 3.32. The van der Waals surface area contributed by atoms with Crippen molar-refractivity contribution < 1.29 is 14.8 Å². The Morgan fingerprint density at radius 3 is 2.50 bits per heavy atom. The normalized spacial score (nSPS) is 10.5. The van der Waals surface area contributed by atoms with Crippen molar-refractivity contribution in [3.63, 3.8) is 0 Å². The summed E-state index contributed by atoms with van der Waals surface area (Å²) >= 11 is 3.33. The van der Waals surface area contributed by atoms with Gasteiger partial charge in [0.15, 0.2) is 0 Å². The van der Waals surface area contributed by atoms with Gasteiger partial charge in [-0.2, -0.15) is 0 Å². The number of carbonyl (C=O) groups excluding carboxylic acids is 2. The molecule has 0 aliphatic carbocycles. The van der Waals surface area contributed by atoms with Crippen LogP contribution in [0.2, 0.25) is 0 Å². The first-order valence-corrected chi connectivity index (χ1v) is 7.17. The first-order chi connectivity index (χ1) is 10.6. The number of carbonyl (C=O) groups is 2. The van der Waals surface area contributed by atoms with Gasteiger partial charge in [-0.25, -0.2) is 5.48 Å². The summed E-state index contributed by atoms with van der Waals surface area (Å²) in [4.78, 5) is 23.1. The highest BCUT2D eigenvalue weighted by Crippen LogP contribution is 2.15. The van der Waals surface area contributed by atoms with Crippen LogP contribution in [-0.4, -0.2) is 17.0 Å². The number of rotatable bonds is 4. The number of amides is 2. The van der Waals surface area contributed by atoms with Gasteiger partial charge in [-0.1, -0.05) is 28.1 Å². The number of hydroxylamine groups is 1. The Morgan fingerprint density at radius 2 is 1.82 bits per heavy atom. The second-order valence-corrected chi connectivity index (χ2v) is 5.31. The Hall–Kier alpha value is -2.44. The molecule has 3 N–H and O–H groups in total. The second-order valence-electron chi connectivity index (χ2n) is 4.40. The number of hydrogen-bond acceptors (Lipinski definition) is 3. The molecule has 22 heavy (non-hydrogen) atoms. The Bertz CT molecular complexity index is 712. The van der Waals surface area contributed by atoms with Crippen LogP contribution in [0.5, 0.6) is 0 Å². The molecule has 0 aliphatic heterocycles. The predicted molar refractivity (Wildman–Crippen MR) is 87.5 cm³/mol. The third kappa shape index (κ3) is 4.54. The lowest BCUT2D eigenvalue weighted by Gasteiger charge is -2.06. The second kappa shape index (κ2) is 7.53. The van der Waals surface area contributed by atoms with Gasteiger partial charge >= 0.3 is 0 Å². The van der Waals surface area contributed by atoms with E-state index in [0.717, 1.165) is 4.47 Å². The zero-order chi connectivity index (χ0) is 15.9. The van der Waals surface area contributed by atoms with Crippen molar-refractivity contribution in [3.8, 4) is 0 Å². The predicted octanol–water partition coefficient (Wildman–Crippen LogP) is 3.22. The van der Waals surface area contributed by atoms with Crippen molar-refractivity contribution in [1.29, 1.82) is 0 Å². The van der Waals surface area contributed by atoms with E-state index in [1.54, 1.807) is 36.4 Å². The Labute approximate surface area is 135 Å². The van der Waals surface area contributed by atoms with Crippen LogP contribution in [0.25, 0.3) is 6.08 Å². The van der Waals surface area contributed by atoms with E-state index in [-0.39, 0.29) is 5.91 Å². The SMILES string of the molecule is O=C(/C=C/c1cccc(C(=O)Nc2ccc(Br)cc2)c1)NO. The first-order valence-electron chi connectivity index (χ1n) is 6.37. The van der Waals surface area contributed by atoms with Crippen LogP contribution in [0.1, 0.15) is 15.9 Å². The smallest absolute Gasteiger partial charge is 0.267 e. The highest BCUT2D eigenvalue weighted by Gasteiger charge is 2.06. The molecule has 2 amide bonds. The van der Waals surface area contributed by atoms with Crippen molar-refractivity contribution in [2.45, 2.75) is 0 Å². The zero-order valence-corrected chi connectivity index (χ0v) is 13.0. The lowest BCUT2D eigenvalue weighted by Crippen LogP contribution is -2.14. The summed E-state index contributed by atoms with van der Waals surface area (Å²) in [6, 6.07) is 14.0. The summed E-state index contributed by atoms with van der Waals surface area (Å²) < 4.78 is 0.930. The Morgan fingerprint density at radius 1 is 1.09 bits per heavy atom. The minimum Gasteiger partial charge on any atom is -0.322 e. The molecule has 5 nitrogen and oxygen atoms in total. The minimum atomic E-state index is -0.635. The van der Waals surface area contributed by atoms with Gasteiger partial charge in [0.05, 0.1) is 0 Å². The van der Waals surface area contributed by atoms with E-state index < -0.39 is 5.91 Å². The van der Waals surface area contributed by atoms with Crippen LogP contribution in [0.3, 0.4) is 0 Å². The van der Waals surface area contributed by atoms with Crippen LogP contribution >= 0.6 is 15.9 Å². The fourth-order valence-electron chi connectivity index (χ4n) is 1.73. The van der Waals surface area contributed by atoms with E-state index in [9.17, 15) is 9.59 Å². The fourth-order valence-corrected chi connectivity index (χ4v) is 1.99. The molecular formula is C16H13BrN2O3. The molecule has 0 heterocycles. The molecule has 0 aliphatic rings. The molecule has 0 radical (unpaired) electrons. The maximum Gasteiger partial charge on any atom is 0.267 e. The van der Waals surface area contributed by atoms with Crippen LogP contribution in [-0.2, 0) is 4.79 Å². The lowest BCUT2D eigenvalue weighted by molar-refractivity contribution is -0.124. The molecular weight excluding hydrogens is 348 g/mol. The van der Waals surface area contributed by atoms with Gasteiger partial charge in [0.25, 0.3) is 11.8 Å². The number of benzene rings is 2. The molecule has 0 bridgehead atoms. The molecule has 2 rings (SSSR count). The molecule has 0 spiro atoms. The molecule has 0 saturated carbocycles. The lowest BCUT2D eigenvalue weighted by atomic mass is 10.1. The Kier molecular flexibility index (Phi) is 5.46.